The monoisotopic (exact) mass is 372 g/mol. The minimum Gasteiger partial charge on any atom is -0.492 e. The van der Waals surface area contributed by atoms with E-state index in [-0.39, 0.29) is 53.6 Å². The SMILES string of the molecule is COCCNS(=O)(=O)c1c2c(c(OC)c3c1OCO3)C(=O)N(C)CC2. The average Bonchev–Trinajstić information content (AvgIpc) is 3.04. The number of hydrogen-bond donors (Lipinski definition) is 1. The quantitative estimate of drug-likeness (QED) is 0.700. The smallest absolute Gasteiger partial charge is 0.257 e. The van der Waals surface area contributed by atoms with Crippen molar-refractivity contribution in [3.63, 3.8) is 0 Å². The molecule has 2 heterocycles. The number of carbonyl (C=O) groups excluding carboxylic acids is 1. The first-order chi connectivity index (χ1) is 11.9. The van der Waals surface area contributed by atoms with Gasteiger partial charge in [0.2, 0.25) is 22.6 Å². The Morgan fingerprint density at radius 3 is 2.64 bits per heavy atom. The van der Waals surface area contributed by atoms with Crippen LogP contribution in [0.1, 0.15) is 15.9 Å². The highest BCUT2D eigenvalue weighted by Crippen LogP contribution is 2.51. The van der Waals surface area contributed by atoms with E-state index in [1.165, 1.54) is 19.1 Å². The number of ether oxygens (including phenoxy) is 4. The van der Waals surface area contributed by atoms with Gasteiger partial charge in [0.15, 0.2) is 11.5 Å². The van der Waals surface area contributed by atoms with Crippen LogP contribution in [0.15, 0.2) is 4.90 Å². The number of benzene rings is 1. The van der Waals surface area contributed by atoms with Crippen LogP contribution >= 0.6 is 0 Å². The van der Waals surface area contributed by atoms with Crippen molar-refractivity contribution in [3.05, 3.63) is 11.1 Å². The van der Waals surface area contributed by atoms with E-state index >= 15 is 0 Å². The first-order valence-corrected chi connectivity index (χ1v) is 9.17. The molecule has 10 heteroatoms. The van der Waals surface area contributed by atoms with E-state index in [1.807, 2.05) is 0 Å². The molecule has 0 aliphatic carbocycles. The molecule has 0 unspecified atom stereocenters. The number of rotatable bonds is 6. The molecule has 0 atom stereocenters. The van der Waals surface area contributed by atoms with E-state index in [0.717, 1.165) is 0 Å². The van der Waals surface area contributed by atoms with Crippen molar-refractivity contribution < 1.29 is 32.2 Å². The molecule has 1 amide bonds. The van der Waals surface area contributed by atoms with Gasteiger partial charge in [-0.2, -0.15) is 0 Å². The summed E-state index contributed by atoms with van der Waals surface area (Å²) in [5, 5.41) is 0. The molecule has 0 radical (unpaired) electrons. The Kier molecular flexibility index (Phi) is 4.76. The van der Waals surface area contributed by atoms with Crippen molar-refractivity contribution in [3.8, 4) is 17.2 Å². The summed E-state index contributed by atoms with van der Waals surface area (Å²) < 4.78 is 49.2. The molecule has 2 aliphatic heterocycles. The minimum absolute atomic E-state index is 0.0617. The van der Waals surface area contributed by atoms with Crippen LogP contribution in [0.5, 0.6) is 17.2 Å². The third-order valence-corrected chi connectivity index (χ3v) is 5.71. The van der Waals surface area contributed by atoms with Crippen molar-refractivity contribution in [2.45, 2.75) is 11.3 Å². The Labute approximate surface area is 145 Å². The molecule has 1 aromatic rings. The maximum absolute atomic E-state index is 12.9. The van der Waals surface area contributed by atoms with Crippen molar-refractivity contribution in [1.29, 1.82) is 0 Å². The number of methoxy groups -OCH3 is 2. The van der Waals surface area contributed by atoms with Gasteiger partial charge in [0.25, 0.3) is 5.91 Å². The second-order valence-electron chi connectivity index (χ2n) is 5.65. The molecule has 0 saturated heterocycles. The highest BCUT2D eigenvalue weighted by atomic mass is 32.2. The lowest BCUT2D eigenvalue weighted by Crippen LogP contribution is -2.37. The van der Waals surface area contributed by atoms with Gasteiger partial charge in [0.05, 0.1) is 19.3 Å². The molecule has 1 aromatic carbocycles. The standard InChI is InChI=1S/C15H20N2O7S/c1-17-6-4-9-10(15(17)18)11(22-3)12-13(24-8-23-12)14(9)25(19,20)16-5-7-21-2/h16H,4-8H2,1-3H3. The molecular weight excluding hydrogens is 352 g/mol. The molecule has 2 aliphatic rings. The average molecular weight is 372 g/mol. The topological polar surface area (TPSA) is 103 Å². The van der Waals surface area contributed by atoms with Gasteiger partial charge >= 0.3 is 0 Å². The molecule has 0 fully saturated rings. The van der Waals surface area contributed by atoms with E-state index in [4.69, 9.17) is 18.9 Å². The van der Waals surface area contributed by atoms with Crippen LogP contribution in [0.4, 0.5) is 0 Å². The maximum atomic E-state index is 12.9. The third kappa shape index (κ3) is 2.90. The largest absolute Gasteiger partial charge is 0.492 e. The van der Waals surface area contributed by atoms with E-state index in [1.54, 1.807) is 7.05 Å². The second-order valence-corrected chi connectivity index (χ2v) is 7.35. The predicted octanol–water partition coefficient (Wildman–Crippen LogP) is -0.0233. The summed E-state index contributed by atoms with van der Waals surface area (Å²) in [7, 11) is 0.613. The van der Waals surface area contributed by atoms with Gasteiger partial charge in [0.1, 0.15) is 4.90 Å². The molecule has 9 nitrogen and oxygen atoms in total. The number of hydrogen-bond acceptors (Lipinski definition) is 7. The fourth-order valence-corrected chi connectivity index (χ4v) is 4.40. The number of amides is 1. The van der Waals surface area contributed by atoms with Gasteiger partial charge in [-0.25, -0.2) is 13.1 Å². The number of nitrogens with one attached hydrogen (secondary N) is 1. The summed E-state index contributed by atoms with van der Waals surface area (Å²) in [6.07, 6.45) is 0.366. The molecule has 138 valence electrons. The van der Waals surface area contributed by atoms with E-state index in [0.29, 0.717) is 18.5 Å². The lowest BCUT2D eigenvalue weighted by Gasteiger charge is -2.28. The lowest BCUT2D eigenvalue weighted by molar-refractivity contribution is 0.0775. The van der Waals surface area contributed by atoms with Gasteiger partial charge in [-0.05, 0) is 12.0 Å². The van der Waals surface area contributed by atoms with E-state index in [9.17, 15) is 13.2 Å². The first-order valence-electron chi connectivity index (χ1n) is 7.68. The Balaban J connectivity index is 2.23. The van der Waals surface area contributed by atoms with E-state index in [2.05, 4.69) is 4.72 Å². The Hall–Kier alpha value is -2.04. The van der Waals surface area contributed by atoms with Gasteiger partial charge < -0.3 is 23.8 Å². The number of nitrogens with zero attached hydrogens (tertiary/aromatic N) is 1. The number of fused-ring (bicyclic) bond motifs is 2. The normalized spacial score (nSPS) is 16.1. The molecular formula is C15H20N2O7S. The summed E-state index contributed by atoms with van der Waals surface area (Å²) in [5.74, 6) is 0.106. The van der Waals surface area contributed by atoms with Crippen LogP contribution in [0.2, 0.25) is 0 Å². The maximum Gasteiger partial charge on any atom is 0.257 e. The molecule has 0 saturated carbocycles. The third-order valence-electron chi connectivity index (χ3n) is 4.16. The van der Waals surface area contributed by atoms with Crippen LogP contribution in [-0.4, -0.2) is 67.0 Å². The zero-order valence-corrected chi connectivity index (χ0v) is 15.1. The fraction of sp³-hybridized carbons (Fsp3) is 0.533. The van der Waals surface area contributed by atoms with Gasteiger partial charge in [0, 0.05) is 27.2 Å². The van der Waals surface area contributed by atoms with Crippen molar-refractivity contribution in [1.82, 2.24) is 9.62 Å². The summed E-state index contributed by atoms with van der Waals surface area (Å²) in [6, 6.07) is 0. The van der Waals surface area contributed by atoms with Gasteiger partial charge in [-0.3, -0.25) is 4.79 Å². The number of sulfonamides is 1. The Bertz CT molecular complexity index is 807. The molecule has 1 N–H and O–H groups in total. The van der Waals surface area contributed by atoms with Crippen LogP contribution in [0.25, 0.3) is 0 Å². The van der Waals surface area contributed by atoms with Crippen molar-refractivity contribution in [2.24, 2.45) is 0 Å². The van der Waals surface area contributed by atoms with Crippen LogP contribution in [0, 0.1) is 0 Å². The molecule has 3 rings (SSSR count). The summed E-state index contributed by atoms with van der Waals surface area (Å²) in [5.41, 5.74) is 0.585. The van der Waals surface area contributed by atoms with Crippen molar-refractivity contribution >= 4 is 15.9 Å². The number of likely N-dealkylation sites (N-methyl/N-ethyl adjacent to an activating group) is 1. The molecule has 0 aromatic heterocycles. The zero-order valence-electron chi connectivity index (χ0n) is 14.2. The first kappa shape index (κ1) is 17.8. The predicted molar refractivity (Wildman–Crippen MR) is 86.8 cm³/mol. The van der Waals surface area contributed by atoms with Crippen LogP contribution < -0.4 is 18.9 Å². The molecule has 0 spiro atoms. The highest BCUT2D eigenvalue weighted by Gasteiger charge is 2.40. The second kappa shape index (κ2) is 6.70. The van der Waals surface area contributed by atoms with Crippen LogP contribution in [-0.2, 0) is 21.2 Å². The highest BCUT2D eigenvalue weighted by molar-refractivity contribution is 7.89. The van der Waals surface area contributed by atoms with Crippen LogP contribution in [0.3, 0.4) is 0 Å². The van der Waals surface area contributed by atoms with Gasteiger partial charge in [-0.15, -0.1) is 0 Å². The molecule has 25 heavy (non-hydrogen) atoms. The van der Waals surface area contributed by atoms with Crippen molar-refractivity contribution in [2.75, 3.05) is 47.8 Å². The molecule has 0 bridgehead atoms. The fourth-order valence-electron chi connectivity index (χ4n) is 2.98. The zero-order chi connectivity index (χ0) is 18.2. The summed E-state index contributed by atoms with van der Waals surface area (Å²) in [4.78, 5) is 14.1. The minimum atomic E-state index is -3.93. The van der Waals surface area contributed by atoms with Gasteiger partial charge in [-0.1, -0.05) is 0 Å². The summed E-state index contributed by atoms with van der Waals surface area (Å²) in [6.45, 7) is 0.580. The van der Waals surface area contributed by atoms with E-state index < -0.39 is 10.0 Å². The number of carbonyl (C=O) groups is 1. The lowest BCUT2D eigenvalue weighted by atomic mass is 9.97. The Morgan fingerprint density at radius 2 is 1.96 bits per heavy atom. The summed E-state index contributed by atoms with van der Waals surface area (Å²) >= 11 is 0. The Morgan fingerprint density at radius 1 is 1.24 bits per heavy atom.